The molecule has 4 nitrogen and oxygen atoms in total. The summed E-state index contributed by atoms with van der Waals surface area (Å²) in [5.41, 5.74) is 0.435. The number of hydrogen-bond donors (Lipinski definition) is 2. The molecule has 0 aromatic heterocycles. The van der Waals surface area contributed by atoms with Gasteiger partial charge in [-0.3, -0.25) is 4.79 Å². The van der Waals surface area contributed by atoms with Gasteiger partial charge in [-0.1, -0.05) is 30.3 Å². The molecule has 0 heterocycles. The lowest BCUT2D eigenvalue weighted by molar-refractivity contribution is -0.205. The smallest absolute Gasteiger partial charge is 0.309 e. The molecule has 0 aliphatic rings. The first-order valence-electron chi connectivity index (χ1n) is 4.13. The van der Waals surface area contributed by atoms with E-state index < -0.39 is 18.2 Å². The Kier molecular flexibility index (Phi) is 3.22. The molecule has 0 spiro atoms. The first kappa shape index (κ1) is 10.7. The van der Waals surface area contributed by atoms with Crippen LogP contribution in [0.4, 0.5) is 0 Å². The SMILES string of the molecule is COC(O)(CC(=O)O)c1ccccc1. The van der Waals surface area contributed by atoms with Crippen molar-refractivity contribution >= 4 is 5.97 Å². The highest BCUT2D eigenvalue weighted by atomic mass is 16.6. The maximum absolute atomic E-state index is 10.5. The van der Waals surface area contributed by atoms with Crippen molar-refractivity contribution < 1.29 is 19.7 Å². The summed E-state index contributed by atoms with van der Waals surface area (Å²) in [4.78, 5) is 10.5. The van der Waals surface area contributed by atoms with Crippen molar-refractivity contribution in [2.45, 2.75) is 12.2 Å². The van der Waals surface area contributed by atoms with Crippen LogP contribution in [0, 0.1) is 0 Å². The zero-order valence-electron chi connectivity index (χ0n) is 7.80. The predicted molar refractivity (Wildman–Crippen MR) is 49.6 cm³/mol. The highest BCUT2D eigenvalue weighted by Gasteiger charge is 2.31. The first-order chi connectivity index (χ1) is 6.58. The molecule has 1 atom stereocenters. The molecule has 1 rings (SSSR count). The molecule has 0 radical (unpaired) electrons. The standard InChI is InChI=1S/C10H12O4/c1-14-10(13,7-9(11)12)8-5-3-2-4-6-8/h2-6,13H,7H2,1H3,(H,11,12). The summed E-state index contributed by atoms with van der Waals surface area (Å²) in [7, 11) is 1.27. The fourth-order valence-corrected chi connectivity index (χ4v) is 1.20. The second-order valence-electron chi connectivity index (χ2n) is 2.93. The van der Waals surface area contributed by atoms with Crippen LogP contribution in [-0.4, -0.2) is 23.3 Å². The van der Waals surface area contributed by atoms with Crippen LogP contribution in [0.5, 0.6) is 0 Å². The van der Waals surface area contributed by atoms with E-state index in [1.807, 2.05) is 0 Å². The average molecular weight is 196 g/mol. The minimum atomic E-state index is -1.74. The summed E-state index contributed by atoms with van der Waals surface area (Å²) in [6.07, 6.45) is -0.479. The minimum absolute atomic E-state index is 0.435. The minimum Gasteiger partial charge on any atom is -0.481 e. The van der Waals surface area contributed by atoms with Gasteiger partial charge >= 0.3 is 5.97 Å². The van der Waals surface area contributed by atoms with Gasteiger partial charge in [0.1, 0.15) is 6.42 Å². The topological polar surface area (TPSA) is 66.8 Å². The summed E-state index contributed by atoms with van der Waals surface area (Å²) in [5.74, 6) is -2.86. The quantitative estimate of drug-likeness (QED) is 0.704. The third kappa shape index (κ3) is 2.31. The van der Waals surface area contributed by atoms with E-state index in [9.17, 15) is 9.90 Å². The average Bonchev–Trinajstić information content (AvgIpc) is 2.18. The summed E-state index contributed by atoms with van der Waals surface area (Å²) in [6, 6.07) is 8.43. The number of carboxylic acid groups (broad SMARTS) is 1. The van der Waals surface area contributed by atoms with E-state index in [1.165, 1.54) is 7.11 Å². The zero-order chi connectivity index (χ0) is 10.6. The second-order valence-corrected chi connectivity index (χ2v) is 2.93. The molecule has 1 aromatic carbocycles. The maximum atomic E-state index is 10.5. The van der Waals surface area contributed by atoms with Crippen molar-refractivity contribution in [3.8, 4) is 0 Å². The van der Waals surface area contributed by atoms with Crippen LogP contribution in [0.2, 0.25) is 0 Å². The van der Waals surface area contributed by atoms with Gasteiger partial charge in [-0.2, -0.15) is 0 Å². The number of rotatable bonds is 4. The van der Waals surface area contributed by atoms with Gasteiger partial charge in [0.2, 0.25) is 5.79 Å². The molecule has 0 fully saturated rings. The summed E-state index contributed by atoms with van der Waals surface area (Å²) in [5, 5.41) is 18.5. The van der Waals surface area contributed by atoms with Crippen molar-refractivity contribution in [2.24, 2.45) is 0 Å². The number of carboxylic acids is 1. The normalized spacial score (nSPS) is 14.7. The molecule has 0 bridgehead atoms. The third-order valence-corrected chi connectivity index (χ3v) is 1.95. The van der Waals surface area contributed by atoms with E-state index in [0.717, 1.165) is 0 Å². The monoisotopic (exact) mass is 196 g/mol. The largest absolute Gasteiger partial charge is 0.481 e. The fourth-order valence-electron chi connectivity index (χ4n) is 1.20. The third-order valence-electron chi connectivity index (χ3n) is 1.95. The maximum Gasteiger partial charge on any atom is 0.309 e. The highest BCUT2D eigenvalue weighted by Crippen LogP contribution is 2.25. The van der Waals surface area contributed by atoms with E-state index in [-0.39, 0.29) is 0 Å². The molecule has 0 aliphatic carbocycles. The molecule has 76 valence electrons. The van der Waals surface area contributed by atoms with E-state index in [0.29, 0.717) is 5.56 Å². The molecule has 0 saturated heterocycles. The van der Waals surface area contributed by atoms with E-state index in [1.54, 1.807) is 30.3 Å². The van der Waals surface area contributed by atoms with Crippen molar-refractivity contribution in [2.75, 3.05) is 7.11 Å². The Hall–Kier alpha value is -1.39. The number of benzene rings is 1. The van der Waals surface area contributed by atoms with Gasteiger partial charge < -0.3 is 14.9 Å². The second kappa shape index (κ2) is 4.21. The molecular formula is C10H12O4. The molecule has 0 amide bonds. The number of hydrogen-bond acceptors (Lipinski definition) is 3. The van der Waals surface area contributed by atoms with E-state index in [2.05, 4.69) is 0 Å². The molecular weight excluding hydrogens is 184 g/mol. The molecule has 1 unspecified atom stereocenters. The van der Waals surface area contributed by atoms with Crippen molar-refractivity contribution in [3.05, 3.63) is 35.9 Å². The zero-order valence-corrected chi connectivity index (χ0v) is 7.80. The van der Waals surface area contributed by atoms with Crippen LogP contribution in [-0.2, 0) is 15.3 Å². The van der Waals surface area contributed by atoms with Crippen LogP contribution in [0.3, 0.4) is 0 Å². The van der Waals surface area contributed by atoms with E-state index >= 15 is 0 Å². The lowest BCUT2D eigenvalue weighted by Gasteiger charge is -2.24. The Balaban J connectivity index is 2.95. The van der Waals surface area contributed by atoms with Gasteiger partial charge in [0.15, 0.2) is 0 Å². The number of ether oxygens (including phenoxy) is 1. The van der Waals surface area contributed by atoms with Gasteiger partial charge in [-0.05, 0) is 0 Å². The molecule has 14 heavy (non-hydrogen) atoms. The predicted octanol–water partition coefficient (Wildman–Crippen LogP) is 0.953. The Morgan fingerprint density at radius 3 is 2.43 bits per heavy atom. The van der Waals surface area contributed by atoms with Crippen LogP contribution >= 0.6 is 0 Å². The van der Waals surface area contributed by atoms with Gasteiger partial charge in [0, 0.05) is 12.7 Å². The first-order valence-corrected chi connectivity index (χ1v) is 4.13. The molecule has 0 aliphatic heterocycles. The van der Waals surface area contributed by atoms with Gasteiger partial charge in [0.05, 0.1) is 0 Å². The summed E-state index contributed by atoms with van der Waals surface area (Å²) >= 11 is 0. The van der Waals surface area contributed by atoms with Gasteiger partial charge in [-0.15, -0.1) is 0 Å². The van der Waals surface area contributed by atoms with Crippen LogP contribution < -0.4 is 0 Å². The number of methoxy groups -OCH3 is 1. The molecule has 4 heteroatoms. The molecule has 2 N–H and O–H groups in total. The molecule has 1 aromatic rings. The Bertz CT molecular complexity index is 309. The Morgan fingerprint density at radius 2 is 2.00 bits per heavy atom. The Morgan fingerprint density at radius 1 is 1.43 bits per heavy atom. The van der Waals surface area contributed by atoms with Crippen molar-refractivity contribution in [1.29, 1.82) is 0 Å². The lowest BCUT2D eigenvalue weighted by Crippen LogP contribution is -2.30. The summed E-state index contributed by atoms with van der Waals surface area (Å²) < 4.78 is 4.81. The van der Waals surface area contributed by atoms with Gasteiger partial charge in [-0.25, -0.2) is 0 Å². The van der Waals surface area contributed by atoms with Gasteiger partial charge in [0.25, 0.3) is 0 Å². The number of aliphatic carboxylic acids is 1. The number of carbonyl (C=O) groups is 1. The van der Waals surface area contributed by atoms with Crippen molar-refractivity contribution in [3.63, 3.8) is 0 Å². The van der Waals surface area contributed by atoms with E-state index in [4.69, 9.17) is 9.84 Å². The molecule has 0 saturated carbocycles. The summed E-state index contributed by atoms with van der Waals surface area (Å²) in [6.45, 7) is 0. The fraction of sp³-hybridized carbons (Fsp3) is 0.300. The lowest BCUT2D eigenvalue weighted by atomic mass is 10.0. The van der Waals surface area contributed by atoms with Crippen LogP contribution in [0.15, 0.2) is 30.3 Å². The number of aliphatic hydroxyl groups is 1. The van der Waals surface area contributed by atoms with Crippen LogP contribution in [0.25, 0.3) is 0 Å². The van der Waals surface area contributed by atoms with Crippen molar-refractivity contribution in [1.82, 2.24) is 0 Å². The Labute approximate surface area is 81.8 Å². The van der Waals surface area contributed by atoms with Crippen LogP contribution in [0.1, 0.15) is 12.0 Å². The highest BCUT2D eigenvalue weighted by molar-refractivity contribution is 5.68.